The molecule has 0 unspecified atom stereocenters. The fraction of sp³-hybridized carbons (Fsp3) is 0.320. The zero-order valence-electron chi connectivity index (χ0n) is 15.9. The lowest BCUT2D eigenvalue weighted by molar-refractivity contribution is 0.112. The van der Waals surface area contributed by atoms with Crippen LogP contribution in [-0.2, 0) is 6.54 Å². The zero-order chi connectivity index (χ0) is 18.8. The largest absolute Gasteiger partial charge is 0.328 e. The molecule has 0 radical (unpaired) electrons. The molecular weight excluding hydrogens is 330 g/mol. The molecule has 1 saturated carbocycles. The van der Waals surface area contributed by atoms with E-state index in [1.54, 1.807) is 0 Å². The molecule has 0 bridgehead atoms. The monoisotopic (exact) mass is 355 g/mol. The summed E-state index contributed by atoms with van der Waals surface area (Å²) in [4.78, 5) is 11.8. The summed E-state index contributed by atoms with van der Waals surface area (Å²) in [6.07, 6.45) is 13.0. The Morgan fingerprint density at radius 3 is 2.63 bits per heavy atom. The lowest BCUT2D eigenvalue weighted by Crippen LogP contribution is -2.08. The van der Waals surface area contributed by atoms with Crippen LogP contribution in [0.5, 0.6) is 0 Å². The SMILES string of the molecule is C#CCn1c(-c2ccccc2C=O)c(C2CCCCC2)c2c(C)cccc21. The lowest BCUT2D eigenvalue weighted by atomic mass is 9.81. The molecule has 0 spiro atoms. The van der Waals surface area contributed by atoms with Crippen LogP contribution in [0, 0.1) is 19.3 Å². The topological polar surface area (TPSA) is 22.0 Å². The molecule has 0 aliphatic heterocycles. The predicted octanol–water partition coefficient (Wildman–Crippen LogP) is 6.11. The Hall–Kier alpha value is -2.79. The maximum Gasteiger partial charge on any atom is 0.150 e. The molecule has 27 heavy (non-hydrogen) atoms. The van der Waals surface area contributed by atoms with Crippen molar-refractivity contribution in [3.63, 3.8) is 0 Å². The van der Waals surface area contributed by atoms with Crippen LogP contribution in [0.2, 0.25) is 0 Å². The Morgan fingerprint density at radius 2 is 1.89 bits per heavy atom. The first-order valence-electron chi connectivity index (χ1n) is 9.86. The number of rotatable bonds is 4. The van der Waals surface area contributed by atoms with Crippen LogP contribution in [-0.4, -0.2) is 10.9 Å². The van der Waals surface area contributed by atoms with E-state index in [9.17, 15) is 4.79 Å². The molecule has 1 heterocycles. The minimum atomic E-state index is 0.509. The summed E-state index contributed by atoms with van der Waals surface area (Å²) in [5, 5.41) is 1.33. The van der Waals surface area contributed by atoms with Crippen molar-refractivity contribution in [3.8, 4) is 23.6 Å². The number of fused-ring (bicyclic) bond motifs is 1. The van der Waals surface area contributed by atoms with Crippen LogP contribution in [0.1, 0.15) is 59.5 Å². The van der Waals surface area contributed by atoms with E-state index < -0.39 is 0 Å². The van der Waals surface area contributed by atoms with Crippen LogP contribution in [0.3, 0.4) is 0 Å². The molecule has 1 fully saturated rings. The first kappa shape index (κ1) is 17.6. The van der Waals surface area contributed by atoms with Gasteiger partial charge in [0.1, 0.15) is 0 Å². The van der Waals surface area contributed by atoms with E-state index in [0.717, 1.165) is 23.1 Å². The van der Waals surface area contributed by atoms with E-state index in [-0.39, 0.29) is 0 Å². The van der Waals surface area contributed by atoms with Crippen molar-refractivity contribution in [2.75, 3.05) is 0 Å². The summed E-state index contributed by atoms with van der Waals surface area (Å²) in [5.41, 5.74) is 6.74. The number of aromatic nitrogens is 1. The molecule has 2 nitrogen and oxygen atoms in total. The summed E-state index contributed by atoms with van der Waals surface area (Å²) >= 11 is 0. The molecule has 0 saturated heterocycles. The minimum Gasteiger partial charge on any atom is -0.328 e. The molecule has 0 amide bonds. The Labute approximate surface area is 161 Å². The average molecular weight is 355 g/mol. The standard InChI is InChI=1S/C25H25NO/c1-3-16-26-22-15-9-10-18(2)23(22)24(19-11-5-4-6-12-19)25(26)21-14-8-7-13-20(21)17-27/h1,7-10,13-15,17,19H,4-6,11-12,16H2,2H3. The lowest BCUT2D eigenvalue weighted by Gasteiger charge is -2.24. The zero-order valence-corrected chi connectivity index (χ0v) is 15.9. The van der Waals surface area contributed by atoms with Gasteiger partial charge in [0.2, 0.25) is 0 Å². The van der Waals surface area contributed by atoms with E-state index in [0.29, 0.717) is 12.5 Å². The quantitative estimate of drug-likeness (QED) is 0.409. The molecule has 1 aliphatic rings. The van der Waals surface area contributed by atoms with Crippen molar-refractivity contribution in [2.24, 2.45) is 0 Å². The molecular formula is C25H25NO. The van der Waals surface area contributed by atoms with Crippen LogP contribution in [0.15, 0.2) is 42.5 Å². The van der Waals surface area contributed by atoms with E-state index in [1.165, 1.54) is 54.1 Å². The molecule has 1 aliphatic carbocycles. The van der Waals surface area contributed by atoms with E-state index in [1.807, 2.05) is 18.2 Å². The summed E-state index contributed by atoms with van der Waals surface area (Å²) in [6.45, 7) is 2.69. The van der Waals surface area contributed by atoms with Crippen molar-refractivity contribution in [3.05, 3.63) is 59.2 Å². The van der Waals surface area contributed by atoms with Gasteiger partial charge in [-0.3, -0.25) is 4.79 Å². The van der Waals surface area contributed by atoms with E-state index in [4.69, 9.17) is 6.42 Å². The number of nitrogens with zero attached hydrogens (tertiary/aromatic N) is 1. The highest BCUT2D eigenvalue weighted by molar-refractivity contribution is 5.98. The van der Waals surface area contributed by atoms with Crippen molar-refractivity contribution in [1.82, 2.24) is 4.57 Å². The first-order valence-corrected chi connectivity index (χ1v) is 9.86. The number of aldehydes is 1. The molecule has 1 aromatic heterocycles. The third kappa shape index (κ3) is 2.98. The van der Waals surface area contributed by atoms with Gasteiger partial charge in [-0.15, -0.1) is 6.42 Å². The highest BCUT2D eigenvalue weighted by Gasteiger charge is 2.27. The summed E-state index contributed by atoms with van der Waals surface area (Å²) in [6, 6.07) is 14.4. The second-order valence-corrected chi connectivity index (χ2v) is 7.56. The molecule has 4 rings (SSSR count). The van der Waals surface area contributed by atoms with E-state index in [2.05, 4.69) is 41.7 Å². The Balaban J connectivity index is 2.11. The smallest absolute Gasteiger partial charge is 0.150 e. The summed E-state index contributed by atoms with van der Waals surface area (Å²) < 4.78 is 2.24. The maximum absolute atomic E-state index is 11.8. The van der Waals surface area contributed by atoms with Gasteiger partial charge >= 0.3 is 0 Å². The van der Waals surface area contributed by atoms with Gasteiger partial charge < -0.3 is 4.57 Å². The van der Waals surface area contributed by atoms with Gasteiger partial charge in [0.15, 0.2) is 6.29 Å². The van der Waals surface area contributed by atoms with Crippen LogP contribution < -0.4 is 0 Å². The summed E-state index contributed by atoms with van der Waals surface area (Å²) in [5.74, 6) is 3.36. The Kier molecular flexibility index (Phi) is 4.86. The van der Waals surface area contributed by atoms with Gasteiger partial charge in [-0.25, -0.2) is 0 Å². The third-order valence-electron chi connectivity index (χ3n) is 5.94. The maximum atomic E-state index is 11.8. The van der Waals surface area contributed by atoms with Crippen LogP contribution in [0.25, 0.3) is 22.2 Å². The van der Waals surface area contributed by atoms with Crippen LogP contribution in [0.4, 0.5) is 0 Å². The summed E-state index contributed by atoms with van der Waals surface area (Å²) in [7, 11) is 0. The number of benzene rings is 2. The average Bonchev–Trinajstić information content (AvgIpc) is 3.04. The fourth-order valence-electron chi connectivity index (χ4n) is 4.76. The second kappa shape index (κ2) is 7.45. The number of terminal acetylenes is 1. The number of hydrogen-bond acceptors (Lipinski definition) is 1. The predicted molar refractivity (Wildman–Crippen MR) is 112 cm³/mol. The second-order valence-electron chi connectivity index (χ2n) is 7.56. The van der Waals surface area contributed by atoms with Gasteiger partial charge in [0, 0.05) is 22.0 Å². The number of carbonyl (C=O) groups excluding carboxylic acids is 1. The fourth-order valence-corrected chi connectivity index (χ4v) is 4.76. The van der Waals surface area contributed by atoms with Crippen molar-refractivity contribution in [1.29, 1.82) is 0 Å². The minimum absolute atomic E-state index is 0.509. The molecule has 136 valence electrons. The van der Waals surface area contributed by atoms with Crippen LogP contribution >= 0.6 is 0 Å². The first-order chi connectivity index (χ1) is 13.3. The highest BCUT2D eigenvalue weighted by Crippen LogP contribution is 2.45. The van der Waals surface area contributed by atoms with Gasteiger partial charge in [0.25, 0.3) is 0 Å². The van der Waals surface area contributed by atoms with E-state index >= 15 is 0 Å². The Bertz CT molecular complexity index is 1030. The highest BCUT2D eigenvalue weighted by atomic mass is 16.1. The number of aryl methyl sites for hydroxylation is 1. The van der Waals surface area contributed by atoms with Crippen molar-refractivity contribution in [2.45, 2.75) is 51.5 Å². The molecule has 2 aromatic carbocycles. The molecule has 0 atom stereocenters. The van der Waals surface area contributed by atoms with Gasteiger partial charge in [-0.05, 0) is 42.9 Å². The van der Waals surface area contributed by atoms with Gasteiger partial charge in [-0.2, -0.15) is 0 Å². The normalized spacial score (nSPS) is 15.0. The molecule has 0 N–H and O–H groups in total. The van der Waals surface area contributed by atoms with Crippen molar-refractivity contribution < 1.29 is 4.79 Å². The number of carbonyl (C=O) groups is 1. The number of hydrogen-bond donors (Lipinski definition) is 0. The Morgan fingerprint density at radius 1 is 1.11 bits per heavy atom. The van der Waals surface area contributed by atoms with Gasteiger partial charge in [0.05, 0.1) is 12.2 Å². The molecule has 2 heteroatoms. The van der Waals surface area contributed by atoms with Gasteiger partial charge in [-0.1, -0.05) is 61.6 Å². The van der Waals surface area contributed by atoms with Crippen molar-refractivity contribution >= 4 is 17.2 Å². The third-order valence-corrected chi connectivity index (χ3v) is 5.94. The molecule has 3 aromatic rings.